The first-order valence-corrected chi connectivity index (χ1v) is 7.96. The zero-order valence-corrected chi connectivity index (χ0v) is 13.3. The quantitative estimate of drug-likeness (QED) is 0.616. The maximum atomic E-state index is 5.71. The van der Waals surface area contributed by atoms with Crippen molar-refractivity contribution < 1.29 is 9.16 Å². The van der Waals surface area contributed by atoms with E-state index in [1.807, 2.05) is 6.92 Å². The van der Waals surface area contributed by atoms with Crippen LogP contribution in [0.1, 0.15) is 36.5 Å². The Bertz CT molecular complexity index is 660. The summed E-state index contributed by atoms with van der Waals surface area (Å²) < 4.78 is 11.2. The number of hydrogen-bond donors (Lipinski definition) is 0. The van der Waals surface area contributed by atoms with Gasteiger partial charge in [-0.3, -0.25) is 0 Å². The summed E-state index contributed by atoms with van der Waals surface area (Å²) in [5.74, 6) is 0.725. The molecule has 0 spiro atoms. The first-order valence-electron chi connectivity index (χ1n) is 7.96. The normalized spacial score (nSPS) is 20.7. The second-order valence-electron chi connectivity index (χ2n) is 5.79. The summed E-state index contributed by atoms with van der Waals surface area (Å²) in [6.45, 7) is 2.63. The van der Waals surface area contributed by atoms with Crippen LogP contribution < -0.4 is 0 Å². The molecule has 0 aliphatic heterocycles. The van der Waals surface area contributed by atoms with E-state index in [2.05, 4.69) is 54.6 Å². The predicted molar refractivity (Wildman–Crippen MR) is 89.2 cm³/mol. The molecule has 3 rings (SSSR count). The molecule has 2 aromatic rings. The van der Waals surface area contributed by atoms with Crippen LogP contribution in [0.3, 0.4) is 0 Å². The van der Waals surface area contributed by atoms with Gasteiger partial charge in [-0.1, -0.05) is 54.6 Å². The number of esters is 1. The Hall–Kier alpha value is -2.09. The lowest BCUT2D eigenvalue weighted by Gasteiger charge is -2.29. The van der Waals surface area contributed by atoms with Crippen LogP contribution in [-0.4, -0.2) is 19.7 Å². The van der Waals surface area contributed by atoms with Gasteiger partial charge >= 0.3 is 5.97 Å². The van der Waals surface area contributed by atoms with Crippen molar-refractivity contribution >= 4 is 5.97 Å². The van der Waals surface area contributed by atoms with Crippen LogP contribution in [0.25, 0.3) is 0 Å². The molecule has 0 fully saturated rings. The van der Waals surface area contributed by atoms with E-state index in [1.165, 1.54) is 16.7 Å². The zero-order valence-electron chi connectivity index (χ0n) is 13.3. The Morgan fingerprint density at radius 3 is 2.55 bits per heavy atom. The van der Waals surface area contributed by atoms with Crippen LogP contribution in [0.15, 0.2) is 54.6 Å². The lowest BCUT2D eigenvalue weighted by atomic mass is 9.73. The topological polar surface area (TPSA) is 20.5 Å². The van der Waals surface area contributed by atoms with Crippen LogP contribution in [0.4, 0.5) is 0 Å². The van der Waals surface area contributed by atoms with E-state index in [9.17, 15) is 0 Å². The molecule has 1 aliphatic carbocycles. The molecule has 0 bridgehead atoms. The van der Waals surface area contributed by atoms with Crippen LogP contribution in [-0.2, 0) is 21.0 Å². The van der Waals surface area contributed by atoms with Crippen LogP contribution in [0.5, 0.6) is 0 Å². The number of benzene rings is 2. The van der Waals surface area contributed by atoms with Gasteiger partial charge < -0.3 is 9.16 Å². The second-order valence-corrected chi connectivity index (χ2v) is 5.79. The highest BCUT2D eigenvalue weighted by Crippen LogP contribution is 2.46. The second kappa shape index (κ2) is 6.35. The van der Waals surface area contributed by atoms with Crippen molar-refractivity contribution in [2.45, 2.75) is 31.6 Å². The van der Waals surface area contributed by atoms with Crippen molar-refractivity contribution in [3.8, 4) is 0 Å². The van der Waals surface area contributed by atoms with E-state index < -0.39 is 0 Å². The smallest absolute Gasteiger partial charge is 0.325 e. The Kier molecular flexibility index (Phi) is 4.28. The van der Waals surface area contributed by atoms with Crippen molar-refractivity contribution in [2.24, 2.45) is 0 Å². The minimum absolute atomic E-state index is 0.0433. The fourth-order valence-electron chi connectivity index (χ4n) is 3.62. The first-order chi connectivity index (χ1) is 10.8. The van der Waals surface area contributed by atoms with Gasteiger partial charge in [0.2, 0.25) is 0 Å². The molecule has 1 atom stereocenters. The highest BCUT2D eigenvalue weighted by molar-refractivity contribution is 5.74. The minimum Gasteiger partial charge on any atom is -0.325 e. The van der Waals surface area contributed by atoms with Gasteiger partial charge in [0.15, 0.2) is 13.7 Å². The fraction of sp³-hybridized carbons (Fsp3) is 0.350. The third-order valence-corrected chi connectivity index (χ3v) is 4.66. The van der Waals surface area contributed by atoms with Crippen molar-refractivity contribution in [3.63, 3.8) is 0 Å². The fourth-order valence-corrected chi connectivity index (χ4v) is 3.62. The van der Waals surface area contributed by atoms with E-state index in [0.29, 0.717) is 6.61 Å². The first kappa shape index (κ1) is 14.8. The molecule has 1 aliphatic rings. The maximum absolute atomic E-state index is 5.71. The standard InChI is InChI=1S/C20H23O2/c1-3-22-19(21-2)15-20(17-10-5-4-6-11-17)14-13-16-9-7-8-12-18(16)20/h4-12H,3,13-15H2,1-2H3/q+1. The van der Waals surface area contributed by atoms with Crippen molar-refractivity contribution in [1.82, 2.24) is 0 Å². The molecule has 2 aromatic carbocycles. The molecule has 114 valence electrons. The van der Waals surface area contributed by atoms with Gasteiger partial charge in [0.05, 0.1) is 0 Å². The molecule has 0 saturated heterocycles. The summed E-state index contributed by atoms with van der Waals surface area (Å²) in [5, 5.41) is 0. The SMILES string of the molecule is CCOC(CC1(c2ccccc2)CCc2ccccc21)=[O+]C. The number of fused-ring (bicyclic) bond motifs is 1. The predicted octanol–water partition coefficient (Wildman–Crippen LogP) is 4.04. The van der Waals surface area contributed by atoms with Crippen molar-refractivity contribution in [2.75, 3.05) is 13.7 Å². The molecule has 0 N–H and O–H groups in total. The third kappa shape index (κ3) is 2.54. The lowest BCUT2D eigenvalue weighted by molar-refractivity contribution is -0.433. The molecule has 0 radical (unpaired) electrons. The van der Waals surface area contributed by atoms with Crippen LogP contribution in [0.2, 0.25) is 0 Å². The number of hydrogen-bond acceptors (Lipinski definition) is 1. The van der Waals surface area contributed by atoms with Gasteiger partial charge in [0.1, 0.15) is 6.42 Å². The molecule has 0 aromatic heterocycles. The monoisotopic (exact) mass is 295 g/mol. The van der Waals surface area contributed by atoms with E-state index in [0.717, 1.165) is 25.2 Å². The average Bonchev–Trinajstić information content (AvgIpc) is 2.95. The largest absolute Gasteiger partial charge is 0.485 e. The van der Waals surface area contributed by atoms with Gasteiger partial charge in [-0.15, -0.1) is 0 Å². The van der Waals surface area contributed by atoms with Crippen LogP contribution >= 0.6 is 0 Å². The highest BCUT2D eigenvalue weighted by Gasteiger charge is 2.44. The number of aryl methyl sites for hydroxylation is 1. The lowest BCUT2D eigenvalue weighted by Crippen LogP contribution is -2.30. The summed E-state index contributed by atoms with van der Waals surface area (Å²) in [7, 11) is 1.70. The van der Waals surface area contributed by atoms with E-state index in [-0.39, 0.29) is 5.41 Å². The number of carbonyl (C=O) groups excluding carboxylic acids is 1. The van der Waals surface area contributed by atoms with E-state index in [1.54, 1.807) is 7.11 Å². The molecular weight excluding hydrogens is 272 g/mol. The Morgan fingerprint density at radius 1 is 1.09 bits per heavy atom. The van der Waals surface area contributed by atoms with E-state index >= 15 is 0 Å². The molecular formula is C20H23O2+. The summed E-state index contributed by atoms with van der Waals surface area (Å²) in [4.78, 5) is 0. The van der Waals surface area contributed by atoms with Gasteiger partial charge in [-0.2, -0.15) is 0 Å². The third-order valence-electron chi connectivity index (χ3n) is 4.66. The summed E-state index contributed by atoms with van der Waals surface area (Å²) in [6.07, 6.45) is 2.98. The van der Waals surface area contributed by atoms with Gasteiger partial charge in [0, 0.05) is 5.41 Å². The molecule has 22 heavy (non-hydrogen) atoms. The van der Waals surface area contributed by atoms with Crippen molar-refractivity contribution in [1.29, 1.82) is 0 Å². The van der Waals surface area contributed by atoms with Gasteiger partial charge in [0.25, 0.3) is 0 Å². The molecule has 2 nitrogen and oxygen atoms in total. The van der Waals surface area contributed by atoms with Gasteiger partial charge in [-0.05, 0) is 36.5 Å². The highest BCUT2D eigenvalue weighted by atomic mass is 16.6. The Morgan fingerprint density at radius 2 is 1.82 bits per heavy atom. The number of ether oxygens (including phenoxy) is 1. The Balaban J connectivity index is 2.09. The van der Waals surface area contributed by atoms with Crippen LogP contribution in [0, 0.1) is 0 Å². The summed E-state index contributed by atoms with van der Waals surface area (Å²) in [5.41, 5.74) is 4.15. The molecule has 1 unspecified atom stereocenters. The molecule has 0 amide bonds. The molecule has 0 heterocycles. The molecule has 2 heteroatoms. The van der Waals surface area contributed by atoms with E-state index in [4.69, 9.17) is 9.16 Å². The maximum Gasteiger partial charge on any atom is 0.485 e. The number of rotatable bonds is 4. The molecule has 0 saturated carbocycles. The van der Waals surface area contributed by atoms with Crippen molar-refractivity contribution in [3.05, 3.63) is 71.3 Å². The summed E-state index contributed by atoms with van der Waals surface area (Å²) in [6, 6.07) is 19.5. The summed E-state index contributed by atoms with van der Waals surface area (Å²) >= 11 is 0. The minimum atomic E-state index is -0.0433. The average molecular weight is 295 g/mol. The van der Waals surface area contributed by atoms with Gasteiger partial charge in [-0.25, -0.2) is 0 Å². The zero-order chi connectivity index (χ0) is 15.4. The Labute approximate surface area is 132 Å².